The number of ether oxygens (including phenoxy) is 1. The molecule has 19 heavy (non-hydrogen) atoms. The van der Waals surface area contributed by atoms with Crippen LogP contribution in [0.5, 0.6) is 0 Å². The van der Waals surface area contributed by atoms with Gasteiger partial charge in [0.05, 0.1) is 0 Å². The van der Waals surface area contributed by atoms with E-state index in [1.165, 1.54) is 25.7 Å². The summed E-state index contributed by atoms with van der Waals surface area (Å²) in [5.74, 6) is 0.839. The molecule has 0 aromatic carbocycles. The number of carbonyl (C=O) groups is 1. The summed E-state index contributed by atoms with van der Waals surface area (Å²) in [4.78, 5) is 14.6. The zero-order valence-corrected chi connectivity index (χ0v) is 11.8. The van der Waals surface area contributed by atoms with Crippen molar-refractivity contribution in [1.29, 1.82) is 0 Å². The van der Waals surface area contributed by atoms with Crippen LogP contribution in [0.1, 0.15) is 38.5 Å². The molecule has 108 valence electrons. The van der Waals surface area contributed by atoms with Crippen LogP contribution < -0.4 is 5.32 Å². The second-order valence-electron chi connectivity index (χ2n) is 6.60. The summed E-state index contributed by atoms with van der Waals surface area (Å²) in [5, 5.41) is 3.44. The van der Waals surface area contributed by atoms with Gasteiger partial charge in [-0.2, -0.15) is 0 Å². The number of likely N-dealkylation sites (tertiary alicyclic amines) is 1. The maximum atomic E-state index is 12.4. The third-order valence-electron chi connectivity index (χ3n) is 5.17. The molecule has 3 rings (SSSR count). The van der Waals surface area contributed by atoms with Gasteiger partial charge in [0, 0.05) is 32.7 Å². The summed E-state index contributed by atoms with van der Waals surface area (Å²) in [6, 6.07) is 0. The lowest BCUT2D eigenvalue weighted by Gasteiger charge is -2.45. The fourth-order valence-electron chi connectivity index (χ4n) is 3.91. The van der Waals surface area contributed by atoms with E-state index >= 15 is 0 Å². The fraction of sp³-hybridized carbons (Fsp3) is 0.933. The minimum absolute atomic E-state index is 0.369. The van der Waals surface area contributed by atoms with Gasteiger partial charge in [-0.15, -0.1) is 0 Å². The SMILES string of the molecule is O=C(C[C@H]1CCOC1)N1CCCC2(CCNCC2)C1. The van der Waals surface area contributed by atoms with Crippen LogP contribution in [0.25, 0.3) is 0 Å². The highest BCUT2D eigenvalue weighted by Crippen LogP contribution is 2.38. The predicted octanol–water partition coefficient (Wildman–Crippen LogP) is 1.41. The van der Waals surface area contributed by atoms with Crippen molar-refractivity contribution >= 4 is 5.91 Å². The largest absolute Gasteiger partial charge is 0.381 e. The zero-order valence-electron chi connectivity index (χ0n) is 11.8. The molecule has 1 N–H and O–H groups in total. The summed E-state index contributed by atoms with van der Waals surface area (Å²) >= 11 is 0. The topological polar surface area (TPSA) is 41.6 Å². The molecule has 0 aromatic rings. The van der Waals surface area contributed by atoms with E-state index in [1.54, 1.807) is 0 Å². The maximum Gasteiger partial charge on any atom is 0.222 e. The normalized spacial score (nSPS) is 30.7. The highest BCUT2D eigenvalue weighted by atomic mass is 16.5. The van der Waals surface area contributed by atoms with Crippen molar-refractivity contribution in [3.8, 4) is 0 Å². The average molecular weight is 266 g/mol. The minimum atomic E-state index is 0.369. The first-order chi connectivity index (χ1) is 9.27. The summed E-state index contributed by atoms with van der Waals surface area (Å²) in [7, 11) is 0. The van der Waals surface area contributed by atoms with Crippen molar-refractivity contribution < 1.29 is 9.53 Å². The highest BCUT2D eigenvalue weighted by molar-refractivity contribution is 5.76. The Bertz CT molecular complexity index is 315. The Hall–Kier alpha value is -0.610. The smallest absolute Gasteiger partial charge is 0.222 e. The molecule has 1 spiro atoms. The first-order valence-corrected chi connectivity index (χ1v) is 7.84. The van der Waals surface area contributed by atoms with Crippen LogP contribution in [0.4, 0.5) is 0 Å². The molecule has 1 atom stereocenters. The average Bonchev–Trinajstić information content (AvgIpc) is 2.92. The van der Waals surface area contributed by atoms with E-state index in [-0.39, 0.29) is 0 Å². The van der Waals surface area contributed by atoms with Crippen LogP contribution in [0.3, 0.4) is 0 Å². The van der Waals surface area contributed by atoms with Crippen LogP contribution in [0, 0.1) is 11.3 Å². The van der Waals surface area contributed by atoms with Crippen LogP contribution in [-0.4, -0.2) is 50.2 Å². The molecular weight excluding hydrogens is 240 g/mol. The first kappa shape index (κ1) is 13.4. The highest BCUT2D eigenvalue weighted by Gasteiger charge is 2.38. The third kappa shape index (κ3) is 3.11. The van der Waals surface area contributed by atoms with E-state index in [1.807, 2.05) is 0 Å². The van der Waals surface area contributed by atoms with E-state index in [2.05, 4.69) is 10.2 Å². The van der Waals surface area contributed by atoms with Gasteiger partial charge < -0.3 is 15.0 Å². The number of hydrogen-bond donors (Lipinski definition) is 1. The summed E-state index contributed by atoms with van der Waals surface area (Å²) < 4.78 is 5.38. The van der Waals surface area contributed by atoms with Crippen LogP contribution in [-0.2, 0) is 9.53 Å². The van der Waals surface area contributed by atoms with Crippen molar-refractivity contribution in [2.24, 2.45) is 11.3 Å². The number of amides is 1. The molecular formula is C15H26N2O2. The monoisotopic (exact) mass is 266 g/mol. The van der Waals surface area contributed by atoms with Crippen molar-refractivity contribution in [1.82, 2.24) is 10.2 Å². The second-order valence-corrected chi connectivity index (χ2v) is 6.60. The Morgan fingerprint density at radius 2 is 2.16 bits per heavy atom. The van der Waals surface area contributed by atoms with Crippen molar-refractivity contribution in [2.45, 2.75) is 38.5 Å². The van der Waals surface area contributed by atoms with Gasteiger partial charge in [-0.05, 0) is 56.5 Å². The molecule has 0 bridgehead atoms. The zero-order chi connectivity index (χ0) is 13.1. The third-order valence-corrected chi connectivity index (χ3v) is 5.17. The Morgan fingerprint density at radius 1 is 1.32 bits per heavy atom. The molecule has 3 aliphatic heterocycles. The van der Waals surface area contributed by atoms with Gasteiger partial charge in [-0.25, -0.2) is 0 Å². The lowest BCUT2D eigenvalue weighted by Crippen LogP contribution is -2.50. The van der Waals surface area contributed by atoms with Gasteiger partial charge in [-0.3, -0.25) is 4.79 Å². The molecule has 0 saturated carbocycles. The molecule has 3 fully saturated rings. The van der Waals surface area contributed by atoms with Gasteiger partial charge in [0.2, 0.25) is 5.91 Å². The van der Waals surface area contributed by atoms with Gasteiger partial charge in [0.25, 0.3) is 0 Å². The van der Waals surface area contributed by atoms with Gasteiger partial charge in [-0.1, -0.05) is 0 Å². The van der Waals surface area contributed by atoms with Crippen molar-refractivity contribution in [3.05, 3.63) is 0 Å². The molecule has 4 heteroatoms. The maximum absolute atomic E-state index is 12.4. The van der Waals surface area contributed by atoms with E-state index in [0.29, 0.717) is 23.7 Å². The molecule has 1 amide bonds. The Labute approximate surface area is 115 Å². The molecule has 3 aliphatic rings. The Kier molecular flexibility index (Phi) is 4.08. The first-order valence-electron chi connectivity index (χ1n) is 7.84. The summed E-state index contributed by atoms with van der Waals surface area (Å²) in [6.45, 7) is 5.85. The number of rotatable bonds is 2. The second kappa shape index (κ2) is 5.80. The molecule has 4 nitrogen and oxygen atoms in total. The summed E-state index contributed by atoms with van der Waals surface area (Å²) in [6.07, 6.45) is 6.74. The van der Waals surface area contributed by atoms with Gasteiger partial charge >= 0.3 is 0 Å². The van der Waals surface area contributed by atoms with E-state index < -0.39 is 0 Å². The molecule has 0 aliphatic carbocycles. The van der Waals surface area contributed by atoms with Crippen LogP contribution >= 0.6 is 0 Å². The predicted molar refractivity (Wildman–Crippen MR) is 73.9 cm³/mol. The van der Waals surface area contributed by atoms with Gasteiger partial charge in [0.15, 0.2) is 0 Å². The minimum Gasteiger partial charge on any atom is -0.381 e. The molecule has 0 unspecified atom stereocenters. The lowest BCUT2D eigenvalue weighted by atomic mass is 9.73. The van der Waals surface area contributed by atoms with Crippen LogP contribution in [0.2, 0.25) is 0 Å². The standard InChI is InChI=1S/C15H26N2O2/c18-14(10-13-2-9-19-11-13)17-8-1-3-15(12-17)4-6-16-7-5-15/h13,16H,1-12H2/t13-/m1/s1. The number of nitrogens with zero attached hydrogens (tertiary/aromatic N) is 1. The Balaban J connectivity index is 1.56. The van der Waals surface area contributed by atoms with Crippen molar-refractivity contribution in [3.63, 3.8) is 0 Å². The van der Waals surface area contributed by atoms with E-state index in [9.17, 15) is 4.79 Å². The molecule has 3 heterocycles. The number of nitrogens with one attached hydrogen (secondary N) is 1. The summed E-state index contributed by atoms with van der Waals surface area (Å²) in [5.41, 5.74) is 0.422. The molecule has 0 radical (unpaired) electrons. The Morgan fingerprint density at radius 3 is 2.89 bits per heavy atom. The van der Waals surface area contributed by atoms with Crippen molar-refractivity contribution in [2.75, 3.05) is 39.4 Å². The van der Waals surface area contributed by atoms with E-state index in [4.69, 9.17) is 4.74 Å². The molecule has 3 saturated heterocycles. The lowest BCUT2D eigenvalue weighted by molar-refractivity contribution is -0.136. The van der Waals surface area contributed by atoms with Gasteiger partial charge in [0.1, 0.15) is 0 Å². The van der Waals surface area contributed by atoms with E-state index in [0.717, 1.165) is 45.8 Å². The fourth-order valence-corrected chi connectivity index (χ4v) is 3.91. The molecule has 0 aromatic heterocycles. The van der Waals surface area contributed by atoms with Crippen LogP contribution in [0.15, 0.2) is 0 Å². The number of carbonyl (C=O) groups excluding carboxylic acids is 1. The number of piperidine rings is 2. The quantitative estimate of drug-likeness (QED) is 0.821. The number of hydrogen-bond acceptors (Lipinski definition) is 3.